The fourth-order valence-electron chi connectivity index (χ4n) is 3.05. The highest BCUT2D eigenvalue weighted by molar-refractivity contribution is 4.94. The normalized spacial score (nSPS) is 19.0. The van der Waals surface area contributed by atoms with E-state index >= 15 is 0 Å². The fourth-order valence-corrected chi connectivity index (χ4v) is 3.05. The molecule has 6 heteroatoms. The number of aliphatic hydroxyl groups is 1. The van der Waals surface area contributed by atoms with Crippen LogP contribution in [0, 0.1) is 6.92 Å². The van der Waals surface area contributed by atoms with Crippen LogP contribution in [-0.2, 0) is 13.1 Å². The summed E-state index contributed by atoms with van der Waals surface area (Å²) in [6, 6.07) is 0.318. The standard InChI is InChI=1S/C15H29N5O/c1-4-6-20-13(3)16-17-15(20)11-18-7-9-19(10-8-18)14(5-2)12-21/h14,21H,4-12H2,1-3H3. The molecule has 1 atom stereocenters. The van der Waals surface area contributed by atoms with Crippen molar-refractivity contribution in [3.63, 3.8) is 0 Å². The molecule has 0 radical (unpaired) electrons. The molecule has 1 aromatic heterocycles. The average molecular weight is 295 g/mol. The Balaban J connectivity index is 1.89. The van der Waals surface area contributed by atoms with E-state index in [0.717, 1.165) is 63.8 Å². The smallest absolute Gasteiger partial charge is 0.147 e. The first-order valence-corrected chi connectivity index (χ1v) is 8.15. The third-order valence-electron chi connectivity index (χ3n) is 4.43. The summed E-state index contributed by atoms with van der Waals surface area (Å²) in [5.74, 6) is 2.09. The van der Waals surface area contributed by atoms with Gasteiger partial charge in [0.1, 0.15) is 11.6 Å². The summed E-state index contributed by atoms with van der Waals surface area (Å²) >= 11 is 0. The number of piperazine rings is 1. The molecule has 0 aromatic carbocycles. The Kier molecular flexibility index (Phi) is 6.14. The van der Waals surface area contributed by atoms with E-state index < -0.39 is 0 Å². The van der Waals surface area contributed by atoms with E-state index in [9.17, 15) is 5.11 Å². The minimum Gasteiger partial charge on any atom is -0.395 e. The second-order valence-electron chi connectivity index (χ2n) is 5.87. The summed E-state index contributed by atoms with van der Waals surface area (Å²) in [5.41, 5.74) is 0. The summed E-state index contributed by atoms with van der Waals surface area (Å²) in [7, 11) is 0. The maximum Gasteiger partial charge on any atom is 0.147 e. The quantitative estimate of drug-likeness (QED) is 0.809. The first-order valence-electron chi connectivity index (χ1n) is 8.15. The second-order valence-corrected chi connectivity index (χ2v) is 5.87. The van der Waals surface area contributed by atoms with Gasteiger partial charge >= 0.3 is 0 Å². The number of rotatable bonds is 7. The van der Waals surface area contributed by atoms with Crippen LogP contribution in [0.2, 0.25) is 0 Å². The first kappa shape index (κ1) is 16.4. The van der Waals surface area contributed by atoms with Gasteiger partial charge in [0, 0.05) is 38.8 Å². The van der Waals surface area contributed by atoms with Crippen molar-refractivity contribution in [2.24, 2.45) is 0 Å². The number of aromatic nitrogens is 3. The third-order valence-corrected chi connectivity index (χ3v) is 4.43. The summed E-state index contributed by atoms with van der Waals surface area (Å²) in [6.07, 6.45) is 2.12. The van der Waals surface area contributed by atoms with Crippen molar-refractivity contribution in [1.29, 1.82) is 0 Å². The van der Waals surface area contributed by atoms with E-state index in [1.54, 1.807) is 0 Å². The van der Waals surface area contributed by atoms with Crippen molar-refractivity contribution in [3.8, 4) is 0 Å². The Bertz CT molecular complexity index is 422. The van der Waals surface area contributed by atoms with Crippen LogP contribution in [0.1, 0.15) is 38.3 Å². The second kappa shape index (κ2) is 7.87. The van der Waals surface area contributed by atoms with Gasteiger partial charge in [-0.15, -0.1) is 10.2 Å². The zero-order valence-corrected chi connectivity index (χ0v) is 13.6. The van der Waals surface area contributed by atoms with E-state index in [-0.39, 0.29) is 6.61 Å². The monoisotopic (exact) mass is 295 g/mol. The van der Waals surface area contributed by atoms with Gasteiger partial charge in [0.2, 0.25) is 0 Å². The molecule has 21 heavy (non-hydrogen) atoms. The summed E-state index contributed by atoms with van der Waals surface area (Å²) in [5, 5.41) is 17.9. The van der Waals surface area contributed by atoms with Crippen molar-refractivity contribution >= 4 is 0 Å². The average Bonchev–Trinajstić information content (AvgIpc) is 2.84. The molecule has 0 saturated carbocycles. The molecule has 0 aliphatic carbocycles. The largest absolute Gasteiger partial charge is 0.395 e. The number of nitrogens with zero attached hydrogens (tertiary/aromatic N) is 5. The SMILES string of the molecule is CCCn1c(C)nnc1CN1CCN(C(CC)CO)CC1. The van der Waals surface area contributed by atoms with Gasteiger partial charge < -0.3 is 9.67 Å². The Morgan fingerprint density at radius 1 is 1.14 bits per heavy atom. The highest BCUT2D eigenvalue weighted by Crippen LogP contribution is 2.12. The van der Waals surface area contributed by atoms with Crippen LogP contribution in [0.5, 0.6) is 0 Å². The Morgan fingerprint density at radius 2 is 1.86 bits per heavy atom. The summed E-state index contributed by atoms with van der Waals surface area (Å²) in [6.45, 7) is 12.6. The van der Waals surface area contributed by atoms with Crippen molar-refractivity contribution in [3.05, 3.63) is 11.6 Å². The van der Waals surface area contributed by atoms with Crippen molar-refractivity contribution < 1.29 is 5.11 Å². The highest BCUT2D eigenvalue weighted by atomic mass is 16.3. The maximum atomic E-state index is 9.40. The van der Waals surface area contributed by atoms with Gasteiger partial charge in [-0.1, -0.05) is 13.8 Å². The lowest BCUT2D eigenvalue weighted by atomic mass is 10.1. The molecule has 1 N–H and O–H groups in total. The third kappa shape index (κ3) is 4.02. The molecule has 1 aliphatic rings. The van der Waals surface area contributed by atoms with Crippen LogP contribution in [0.25, 0.3) is 0 Å². The Morgan fingerprint density at radius 3 is 2.43 bits per heavy atom. The molecule has 1 aromatic rings. The minimum absolute atomic E-state index is 0.264. The van der Waals surface area contributed by atoms with Crippen LogP contribution < -0.4 is 0 Å². The summed E-state index contributed by atoms with van der Waals surface area (Å²) < 4.78 is 2.23. The number of aliphatic hydroxyl groups excluding tert-OH is 1. The topological polar surface area (TPSA) is 57.4 Å². The zero-order valence-electron chi connectivity index (χ0n) is 13.6. The Hall–Kier alpha value is -0.980. The van der Waals surface area contributed by atoms with E-state index in [1.165, 1.54) is 0 Å². The van der Waals surface area contributed by atoms with Gasteiger partial charge in [0.25, 0.3) is 0 Å². The molecule has 0 spiro atoms. The first-order chi connectivity index (χ1) is 10.2. The van der Waals surface area contributed by atoms with Crippen molar-refractivity contribution in [2.75, 3.05) is 32.8 Å². The molecular formula is C15H29N5O. The number of hydrogen-bond acceptors (Lipinski definition) is 5. The van der Waals surface area contributed by atoms with E-state index in [2.05, 4.69) is 38.4 Å². The lowest BCUT2D eigenvalue weighted by Gasteiger charge is -2.38. The molecule has 1 fully saturated rings. The van der Waals surface area contributed by atoms with Crippen LogP contribution >= 0.6 is 0 Å². The number of hydrogen-bond donors (Lipinski definition) is 1. The van der Waals surface area contributed by atoms with Gasteiger partial charge in [-0.25, -0.2) is 0 Å². The van der Waals surface area contributed by atoms with Crippen molar-refractivity contribution in [2.45, 2.75) is 52.7 Å². The molecule has 120 valence electrons. The molecular weight excluding hydrogens is 266 g/mol. The van der Waals surface area contributed by atoms with Crippen LogP contribution in [0.3, 0.4) is 0 Å². The molecule has 0 bridgehead atoms. The maximum absolute atomic E-state index is 9.40. The molecule has 1 aliphatic heterocycles. The van der Waals surface area contributed by atoms with E-state index in [1.807, 2.05) is 6.92 Å². The zero-order chi connectivity index (χ0) is 15.2. The van der Waals surface area contributed by atoms with Gasteiger partial charge in [-0.3, -0.25) is 9.80 Å². The predicted molar refractivity (Wildman–Crippen MR) is 83.1 cm³/mol. The lowest BCUT2D eigenvalue weighted by Crippen LogP contribution is -2.51. The minimum atomic E-state index is 0.264. The van der Waals surface area contributed by atoms with Gasteiger partial charge in [0.05, 0.1) is 13.2 Å². The van der Waals surface area contributed by atoms with Gasteiger partial charge in [0.15, 0.2) is 0 Å². The van der Waals surface area contributed by atoms with Crippen LogP contribution in [0.4, 0.5) is 0 Å². The summed E-state index contributed by atoms with van der Waals surface area (Å²) in [4.78, 5) is 4.84. The lowest BCUT2D eigenvalue weighted by molar-refractivity contribution is 0.0594. The molecule has 2 heterocycles. The fraction of sp³-hybridized carbons (Fsp3) is 0.867. The number of aryl methyl sites for hydroxylation is 1. The molecule has 1 saturated heterocycles. The van der Waals surface area contributed by atoms with Crippen molar-refractivity contribution in [1.82, 2.24) is 24.6 Å². The molecule has 1 unspecified atom stereocenters. The van der Waals surface area contributed by atoms with E-state index in [4.69, 9.17) is 0 Å². The molecule has 2 rings (SSSR count). The predicted octanol–water partition coefficient (Wildman–Crippen LogP) is 0.885. The van der Waals surface area contributed by atoms with Gasteiger partial charge in [-0.05, 0) is 19.8 Å². The molecule has 6 nitrogen and oxygen atoms in total. The van der Waals surface area contributed by atoms with E-state index in [0.29, 0.717) is 6.04 Å². The van der Waals surface area contributed by atoms with Crippen LogP contribution in [-0.4, -0.2) is 68.5 Å². The molecule has 0 amide bonds. The van der Waals surface area contributed by atoms with Crippen LogP contribution in [0.15, 0.2) is 0 Å². The Labute approximate surface area is 127 Å². The van der Waals surface area contributed by atoms with Gasteiger partial charge in [-0.2, -0.15) is 0 Å². The highest BCUT2D eigenvalue weighted by Gasteiger charge is 2.23.